The third-order valence-corrected chi connectivity index (χ3v) is 4.16. The minimum atomic E-state index is -1.03. The zero-order chi connectivity index (χ0) is 16.1. The first-order chi connectivity index (χ1) is 11.0. The molecule has 7 nitrogen and oxygen atoms in total. The molecule has 0 aromatic carbocycles. The van der Waals surface area contributed by atoms with Crippen LogP contribution in [0.3, 0.4) is 0 Å². The number of carboxylic acids is 1. The van der Waals surface area contributed by atoms with Crippen LogP contribution in [0, 0.1) is 5.95 Å². The number of aromatic nitrogens is 2. The molecule has 4 rings (SSSR count). The Morgan fingerprint density at radius 3 is 2.91 bits per heavy atom. The standard InChI is InChI=1S/C15H16FN5O2/c1-19-18-12(15(22)23)8-20(19)6-10-7-21-13(17-10)5-4-11(14(21)16)9-2-3-9/h4-5,7-9,18H,2-3,6H2,1H3,(H,22,23). The summed E-state index contributed by atoms with van der Waals surface area (Å²) < 4.78 is 16.0. The second-order valence-electron chi connectivity index (χ2n) is 5.90. The molecule has 2 aromatic heterocycles. The van der Waals surface area contributed by atoms with Crippen LogP contribution in [0.2, 0.25) is 0 Å². The molecule has 0 atom stereocenters. The van der Waals surface area contributed by atoms with Crippen LogP contribution < -0.4 is 5.43 Å². The van der Waals surface area contributed by atoms with Crippen LogP contribution >= 0.6 is 0 Å². The summed E-state index contributed by atoms with van der Waals surface area (Å²) in [5.74, 6) is -0.951. The Morgan fingerprint density at radius 1 is 1.48 bits per heavy atom. The maximum absolute atomic E-state index is 14.5. The number of aliphatic carboxylic acids is 1. The fourth-order valence-electron chi connectivity index (χ4n) is 2.79. The fourth-order valence-corrected chi connectivity index (χ4v) is 2.79. The van der Waals surface area contributed by atoms with E-state index in [4.69, 9.17) is 5.11 Å². The second kappa shape index (κ2) is 4.95. The van der Waals surface area contributed by atoms with Crippen LogP contribution in [0.1, 0.15) is 30.0 Å². The summed E-state index contributed by atoms with van der Waals surface area (Å²) in [6, 6.07) is 3.63. The SMILES string of the molecule is CN1NC(C(=O)O)=CN1Cc1cn2c(F)c(C3CC3)ccc2n1. The van der Waals surface area contributed by atoms with Crippen LogP contribution in [0.5, 0.6) is 0 Å². The minimum absolute atomic E-state index is 0.0819. The van der Waals surface area contributed by atoms with Crippen molar-refractivity contribution >= 4 is 11.6 Å². The number of rotatable bonds is 4. The Kier molecular flexibility index (Phi) is 3.02. The van der Waals surface area contributed by atoms with Gasteiger partial charge in [0.15, 0.2) is 5.70 Å². The molecule has 0 radical (unpaired) electrons. The molecule has 1 saturated carbocycles. The molecule has 0 spiro atoms. The Balaban J connectivity index is 1.62. The summed E-state index contributed by atoms with van der Waals surface area (Å²) in [5.41, 5.74) is 4.76. The first kappa shape index (κ1) is 14.0. The smallest absolute Gasteiger partial charge is 0.354 e. The van der Waals surface area contributed by atoms with Gasteiger partial charge in [-0.3, -0.25) is 14.8 Å². The summed E-state index contributed by atoms with van der Waals surface area (Å²) in [6.45, 7) is 0.347. The molecule has 2 aliphatic rings. The summed E-state index contributed by atoms with van der Waals surface area (Å²) in [6.07, 6.45) is 5.23. The van der Waals surface area contributed by atoms with E-state index in [0.29, 0.717) is 23.8 Å². The molecule has 0 saturated heterocycles. The Morgan fingerprint density at radius 2 is 2.26 bits per heavy atom. The van der Waals surface area contributed by atoms with Crippen molar-refractivity contribution < 1.29 is 14.3 Å². The quantitative estimate of drug-likeness (QED) is 0.832. The highest BCUT2D eigenvalue weighted by molar-refractivity contribution is 5.85. The normalized spacial score (nSPS) is 18.3. The lowest BCUT2D eigenvalue weighted by atomic mass is 10.2. The van der Waals surface area contributed by atoms with Crippen molar-refractivity contribution in [1.29, 1.82) is 0 Å². The molecule has 8 heteroatoms. The Labute approximate surface area is 131 Å². The fraction of sp³-hybridized carbons (Fsp3) is 0.333. The molecule has 0 amide bonds. The van der Waals surface area contributed by atoms with E-state index < -0.39 is 5.97 Å². The van der Waals surface area contributed by atoms with Crippen LogP contribution in [-0.2, 0) is 11.3 Å². The highest BCUT2D eigenvalue weighted by Crippen LogP contribution is 2.41. The molecule has 2 N–H and O–H groups in total. The lowest BCUT2D eigenvalue weighted by molar-refractivity contribution is -0.133. The van der Waals surface area contributed by atoms with Gasteiger partial charge in [0.1, 0.15) is 5.65 Å². The van der Waals surface area contributed by atoms with Crippen LogP contribution in [0.4, 0.5) is 4.39 Å². The van der Waals surface area contributed by atoms with E-state index in [1.807, 2.05) is 12.1 Å². The van der Waals surface area contributed by atoms with Gasteiger partial charge in [0.05, 0.1) is 18.4 Å². The number of hydrogen-bond acceptors (Lipinski definition) is 5. The van der Waals surface area contributed by atoms with E-state index in [-0.39, 0.29) is 11.6 Å². The minimum Gasteiger partial charge on any atom is -0.476 e. The van der Waals surface area contributed by atoms with E-state index in [1.165, 1.54) is 10.6 Å². The molecule has 23 heavy (non-hydrogen) atoms. The molecule has 3 heterocycles. The summed E-state index contributed by atoms with van der Waals surface area (Å²) in [5, 5.41) is 12.2. The number of hydrogen-bond donors (Lipinski definition) is 2. The molecular formula is C15H16FN5O2. The zero-order valence-electron chi connectivity index (χ0n) is 12.5. The van der Waals surface area contributed by atoms with Crippen LogP contribution in [0.25, 0.3) is 5.65 Å². The van der Waals surface area contributed by atoms with E-state index in [1.54, 1.807) is 23.4 Å². The van der Waals surface area contributed by atoms with Crippen LogP contribution in [0.15, 0.2) is 30.2 Å². The lowest BCUT2D eigenvalue weighted by Crippen LogP contribution is -2.39. The van der Waals surface area contributed by atoms with E-state index >= 15 is 0 Å². The van der Waals surface area contributed by atoms with Crippen molar-refractivity contribution in [2.45, 2.75) is 25.3 Å². The molecule has 1 fully saturated rings. The van der Waals surface area contributed by atoms with Gasteiger partial charge in [-0.15, -0.1) is 5.12 Å². The van der Waals surface area contributed by atoms with Crippen molar-refractivity contribution in [3.8, 4) is 0 Å². The molecular weight excluding hydrogens is 301 g/mol. The number of hydrazine groups is 2. The van der Waals surface area contributed by atoms with E-state index in [9.17, 15) is 9.18 Å². The number of halogens is 1. The number of imidazole rings is 1. The summed E-state index contributed by atoms with van der Waals surface area (Å²) in [7, 11) is 1.70. The lowest BCUT2D eigenvalue weighted by Gasteiger charge is -2.23. The first-order valence-electron chi connectivity index (χ1n) is 7.41. The number of fused-ring (bicyclic) bond motifs is 1. The number of nitrogens with zero attached hydrogens (tertiary/aromatic N) is 4. The Bertz CT molecular complexity index is 827. The van der Waals surface area contributed by atoms with Gasteiger partial charge in [-0.2, -0.15) is 4.39 Å². The Hall–Kier alpha value is -2.61. The van der Waals surface area contributed by atoms with Gasteiger partial charge in [-0.25, -0.2) is 9.78 Å². The number of pyridine rings is 1. The topological polar surface area (TPSA) is 73.1 Å². The van der Waals surface area contributed by atoms with Gasteiger partial charge < -0.3 is 5.11 Å². The van der Waals surface area contributed by atoms with Crippen molar-refractivity contribution in [1.82, 2.24) is 24.9 Å². The largest absolute Gasteiger partial charge is 0.476 e. The van der Waals surface area contributed by atoms with Crippen molar-refractivity contribution in [3.63, 3.8) is 0 Å². The van der Waals surface area contributed by atoms with Gasteiger partial charge in [0.2, 0.25) is 5.95 Å². The predicted molar refractivity (Wildman–Crippen MR) is 79.3 cm³/mol. The van der Waals surface area contributed by atoms with Crippen molar-refractivity contribution in [2.75, 3.05) is 7.05 Å². The maximum atomic E-state index is 14.5. The van der Waals surface area contributed by atoms with Gasteiger partial charge >= 0.3 is 5.97 Å². The molecule has 1 aliphatic carbocycles. The van der Waals surface area contributed by atoms with E-state index in [0.717, 1.165) is 18.4 Å². The van der Waals surface area contributed by atoms with Crippen molar-refractivity contribution in [3.05, 3.63) is 47.4 Å². The number of carboxylic acid groups (broad SMARTS) is 1. The van der Waals surface area contributed by atoms with Gasteiger partial charge in [0.25, 0.3) is 0 Å². The molecule has 0 bridgehead atoms. The average molecular weight is 317 g/mol. The number of nitrogens with one attached hydrogen (secondary N) is 1. The first-order valence-corrected chi connectivity index (χ1v) is 7.41. The molecule has 0 unspecified atom stereocenters. The van der Waals surface area contributed by atoms with E-state index in [2.05, 4.69) is 10.4 Å². The third-order valence-electron chi connectivity index (χ3n) is 4.16. The zero-order valence-corrected chi connectivity index (χ0v) is 12.5. The maximum Gasteiger partial charge on any atom is 0.354 e. The van der Waals surface area contributed by atoms with Crippen LogP contribution in [-0.4, -0.2) is 37.6 Å². The average Bonchev–Trinajstić information content (AvgIpc) is 3.15. The highest BCUT2D eigenvalue weighted by atomic mass is 19.1. The van der Waals surface area contributed by atoms with Crippen molar-refractivity contribution in [2.24, 2.45) is 0 Å². The highest BCUT2D eigenvalue weighted by Gasteiger charge is 2.28. The third kappa shape index (κ3) is 2.40. The molecule has 2 aromatic rings. The van der Waals surface area contributed by atoms with Gasteiger partial charge in [-0.05, 0) is 24.8 Å². The second-order valence-corrected chi connectivity index (χ2v) is 5.90. The number of carbonyl (C=O) groups is 1. The van der Waals surface area contributed by atoms with Gasteiger partial charge in [0, 0.05) is 18.8 Å². The van der Waals surface area contributed by atoms with Gasteiger partial charge in [-0.1, -0.05) is 6.07 Å². The summed E-state index contributed by atoms with van der Waals surface area (Å²) in [4.78, 5) is 15.4. The monoisotopic (exact) mass is 317 g/mol. The molecule has 1 aliphatic heterocycles. The molecule has 120 valence electrons. The summed E-state index contributed by atoms with van der Waals surface area (Å²) >= 11 is 0. The predicted octanol–water partition coefficient (Wildman–Crippen LogP) is 1.44.